The molecule has 1 saturated heterocycles. The number of rotatable bonds is 26. The molecule has 6 rings (SSSR count). The maximum atomic E-state index is 13.5. The second-order valence-corrected chi connectivity index (χ2v) is 18.8. The Hall–Kier alpha value is -4.53. The van der Waals surface area contributed by atoms with Crippen molar-refractivity contribution in [3.63, 3.8) is 0 Å². The summed E-state index contributed by atoms with van der Waals surface area (Å²) in [5.41, 5.74) is 11.6. The Morgan fingerprint density at radius 3 is 1.83 bits per heavy atom. The average Bonchev–Trinajstić information content (AvgIpc) is 4.01. The Kier molecular flexibility index (Phi) is 17.8. The van der Waals surface area contributed by atoms with Gasteiger partial charge in [0, 0.05) is 59.2 Å². The van der Waals surface area contributed by atoms with Gasteiger partial charge in [0.15, 0.2) is 5.76 Å². The summed E-state index contributed by atoms with van der Waals surface area (Å²) in [4.78, 5) is 40.6. The third-order valence-corrected chi connectivity index (χ3v) is 14.1. The van der Waals surface area contributed by atoms with E-state index < -0.39 is 5.97 Å². The molecule has 63 heavy (non-hydrogen) atoms. The van der Waals surface area contributed by atoms with E-state index in [0.717, 1.165) is 93.3 Å². The summed E-state index contributed by atoms with van der Waals surface area (Å²) in [7, 11) is 0. The van der Waals surface area contributed by atoms with Crippen LogP contribution in [0, 0.1) is 11.8 Å². The number of aliphatic imine (C=N–C) groups is 3. The van der Waals surface area contributed by atoms with E-state index in [1.165, 1.54) is 109 Å². The molecule has 9 nitrogen and oxygen atoms in total. The van der Waals surface area contributed by atoms with Gasteiger partial charge in [0.1, 0.15) is 11.5 Å². The lowest BCUT2D eigenvalue weighted by atomic mass is 9.86. The van der Waals surface area contributed by atoms with Gasteiger partial charge in [-0.15, -0.1) is 0 Å². The van der Waals surface area contributed by atoms with Gasteiger partial charge in [0.2, 0.25) is 0 Å². The van der Waals surface area contributed by atoms with Gasteiger partial charge in [-0.3, -0.25) is 9.59 Å². The summed E-state index contributed by atoms with van der Waals surface area (Å²) in [5.74, 6) is -0.548. The first-order chi connectivity index (χ1) is 30.5. The largest absolute Gasteiger partial charge is 0.511 e. The fraction of sp³-hybridized carbons (Fsp3) is 0.611. The number of fused-ring (bicyclic) bond motifs is 5. The molecular formula is C54H76N4O5. The van der Waals surface area contributed by atoms with Crippen molar-refractivity contribution < 1.29 is 24.5 Å². The first-order valence-corrected chi connectivity index (χ1v) is 24.9. The number of carbonyl (C=O) groups excluding carboxylic acids is 1. The van der Waals surface area contributed by atoms with E-state index in [1.54, 1.807) is 0 Å². The van der Waals surface area contributed by atoms with Gasteiger partial charge in [-0.05, 0) is 75.0 Å². The number of allylic oxidation sites excluding steroid dienone is 11. The number of unbranched alkanes of at least 4 members (excludes halogenated alkanes) is 19. The van der Waals surface area contributed by atoms with Crippen molar-refractivity contribution in [1.82, 2.24) is 5.32 Å². The third kappa shape index (κ3) is 12.2. The van der Waals surface area contributed by atoms with Crippen LogP contribution in [0.5, 0.6) is 0 Å². The van der Waals surface area contributed by atoms with Crippen molar-refractivity contribution in [2.75, 3.05) is 0 Å². The molecule has 1 fully saturated rings. The molecule has 5 aliphatic heterocycles. The van der Waals surface area contributed by atoms with Crippen LogP contribution in [-0.2, 0) is 14.3 Å². The van der Waals surface area contributed by atoms with Crippen LogP contribution in [0.4, 0.5) is 0 Å². The predicted molar refractivity (Wildman–Crippen MR) is 258 cm³/mol. The van der Waals surface area contributed by atoms with E-state index in [1.807, 2.05) is 32.1 Å². The lowest BCUT2D eigenvalue weighted by Gasteiger charge is -2.17. The van der Waals surface area contributed by atoms with E-state index in [4.69, 9.17) is 19.7 Å². The van der Waals surface area contributed by atoms with Crippen LogP contribution in [0.25, 0.3) is 0 Å². The monoisotopic (exact) mass is 861 g/mol. The number of aliphatic hydroxyl groups is 1. The topological polar surface area (TPSA) is 133 Å². The van der Waals surface area contributed by atoms with Gasteiger partial charge in [-0.1, -0.05) is 143 Å². The molecule has 0 aromatic heterocycles. The van der Waals surface area contributed by atoms with Crippen LogP contribution in [0.2, 0.25) is 0 Å². The fourth-order valence-corrected chi connectivity index (χ4v) is 10.2. The molecular weight excluding hydrogens is 785 g/mol. The highest BCUT2D eigenvalue weighted by molar-refractivity contribution is 6.21. The molecule has 6 aliphatic rings. The van der Waals surface area contributed by atoms with Crippen LogP contribution < -0.4 is 5.32 Å². The average molecular weight is 861 g/mol. The zero-order chi connectivity index (χ0) is 44.9. The van der Waals surface area contributed by atoms with Crippen molar-refractivity contribution in [3.05, 3.63) is 91.7 Å². The zero-order valence-corrected chi connectivity index (χ0v) is 39.5. The number of carboxylic acid groups (broad SMARTS) is 1. The van der Waals surface area contributed by atoms with Gasteiger partial charge < -0.3 is 20.3 Å². The van der Waals surface area contributed by atoms with E-state index in [2.05, 4.69) is 33.0 Å². The normalized spacial score (nSPS) is 20.4. The fourth-order valence-electron chi connectivity index (χ4n) is 10.2. The molecule has 0 amide bonds. The molecule has 5 heterocycles. The smallest absolute Gasteiger partial charge is 0.311 e. The standard InChI is InChI=1S/C54H76N4O5/c1-7-9-10-11-12-13-14-15-16-17-18-19-20-21-22-23-24-25-26-27-28-50(62)63-54-38(6)45-32-43-36(4)40(29-30-49(60)61)52(57-43)41-31-48(59)51-37(5)44(58-53(41)51)33-46-39(8-2)35(3)42(55-46)34-47(54)56-45/h32-34,36,40,57,59H,7-31H2,1-6H3,(H,60,61)/t36-,40-/m0/s1. The van der Waals surface area contributed by atoms with Gasteiger partial charge in [-0.2, -0.15) is 0 Å². The Balaban J connectivity index is 1.05. The summed E-state index contributed by atoms with van der Waals surface area (Å²) < 4.78 is 6.20. The van der Waals surface area contributed by atoms with E-state index in [-0.39, 0.29) is 30.0 Å². The molecule has 8 bridgehead atoms. The molecule has 9 heteroatoms. The van der Waals surface area contributed by atoms with Gasteiger partial charge in [0.25, 0.3) is 0 Å². The molecule has 0 spiro atoms. The molecule has 342 valence electrons. The minimum atomic E-state index is -0.845. The second-order valence-electron chi connectivity index (χ2n) is 18.8. The summed E-state index contributed by atoms with van der Waals surface area (Å²) in [6, 6.07) is 0. The number of esters is 1. The Morgan fingerprint density at radius 2 is 1.25 bits per heavy atom. The van der Waals surface area contributed by atoms with E-state index in [0.29, 0.717) is 36.4 Å². The summed E-state index contributed by atoms with van der Waals surface area (Å²) in [5, 5.41) is 24.7. The van der Waals surface area contributed by atoms with Crippen LogP contribution in [0.15, 0.2) is 107 Å². The molecule has 0 aromatic carbocycles. The predicted octanol–water partition coefficient (Wildman–Crippen LogP) is 14.2. The lowest BCUT2D eigenvalue weighted by Crippen LogP contribution is -2.15. The van der Waals surface area contributed by atoms with Crippen molar-refractivity contribution in [2.45, 2.75) is 202 Å². The highest BCUT2D eigenvalue weighted by Gasteiger charge is 2.41. The Bertz CT molecular complexity index is 2100. The lowest BCUT2D eigenvalue weighted by molar-refractivity contribution is -0.139. The van der Waals surface area contributed by atoms with Crippen LogP contribution in [-0.4, -0.2) is 39.3 Å². The van der Waals surface area contributed by atoms with Crippen molar-refractivity contribution in [1.29, 1.82) is 0 Å². The number of hydrogen-bond acceptors (Lipinski definition) is 8. The highest BCUT2D eigenvalue weighted by atomic mass is 16.5. The molecule has 2 atom stereocenters. The number of aliphatic hydroxyl groups excluding tert-OH is 1. The number of hydrogen-bond donors (Lipinski definition) is 3. The summed E-state index contributed by atoms with van der Waals surface area (Å²) in [6.07, 6.45) is 34.1. The third-order valence-electron chi connectivity index (χ3n) is 14.1. The number of nitrogens with zero attached hydrogens (tertiary/aromatic N) is 3. The maximum Gasteiger partial charge on any atom is 0.311 e. The SMILES string of the molecule is CCCCCCCCCCCCCCCCCCCCCCC(=O)OC1=C(C)C2=NC1=CC1=NC(=CC3=C(C)C4=C(O)CC(=C5NC(=C2)[C@@H](C)[C@@H]5CCC(=O)O)C4=N3)C(CC)=C1C. The maximum absolute atomic E-state index is 13.5. The number of ether oxygens (including phenoxy) is 1. The number of carbonyl (C=O) groups is 2. The molecule has 0 unspecified atom stereocenters. The Morgan fingerprint density at radius 1 is 0.698 bits per heavy atom. The van der Waals surface area contributed by atoms with Crippen molar-refractivity contribution in [3.8, 4) is 0 Å². The van der Waals surface area contributed by atoms with Gasteiger partial charge >= 0.3 is 11.9 Å². The molecule has 0 radical (unpaired) electrons. The minimum absolute atomic E-state index is 0.0200. The zero-order valence-electron chi connectivity index (χ0n) is 39.5. The molecule has 0 saturated carbocycles. The van der Waals surface area contributed by atoms with E-state index >= 15 is 0 Å². The Labute approximate surface area is 378 Å². The first-order valence-electron chi connectivity index (χ1n) is 24.9. The van der Waals surface area contributed by atoms with Crippen LogP contribution in [0.1, 0.15) is 202 Å². The highest BCUT2D eigenvalue weighted by Crippen LogP contribution is 2.46. The second kappa shape index (κ2) is 23.4. The number of aliphatic carboxylic acids is 1. The summed E-state index contributed by atoms with van der Waals surface area (Å²) in [6.45, 7) is 12.5. The quantitative estimate of drug-likeness (QED) is 0.0586. The summed E-state index contributed by atoms with van der Waals surface area (Å²) >= 11 is 0. The van der Waals surface area contributed by atoms with Crippen LogP contribution in [0.3, 0.4) is 0 Å². The van der Waals surface area contributed by atoms with Crippen molar-refractivity contribution >= 4 is 29.1 Å². The minimum Gasteiger partial charge on any atom is -0.511 e. The van der Waals surface area contributed by atoms with Gasteiger partial charge in [-0.25, -0.2) is 15.0 Å². The molecule has 0 aromatic rings. The van der Waals surface area contributed by atoms with Crippen LogP contribution >= 0.6 is 0 Å². The first kappa shape index (κ1) is 47.9. The van der Waals surface area contributed by atoms with E-state index in [9.17, 15) is 19.8 Å². The molecule has 3 N–H and O–H groups in total. The van der Waals surface area contributed by atoms with Gasteiger partial charge in [0.05, 0.1) is 28.5 Å². The number of carboxylic acids is 1. The number of nitrogens with one attached hydrogen (secondary N) is 1. The molecule has 1 aliphatic carbocycles. The van der Waals surface area contributed by atoms with Crippen molar-refractivity contribution in [2.24, 2.45) is 26.8 Å².